The van der Waals surface area contributed by atoms with Crippen LogP contribution in [-0.2, 0) is 9.59 Å². The Morgan fingerprint density at radius 2 is 1.80 bits per heavy atom. The Labute approximate surface area is 121 Å². The molecule has 0 fully saturated rings. The van der Waals surface area contributed by atoms with Gasteiger partial charge >= 0.3 is 11.8 Å². The number of carbonyl (C=O) groups excluding carboxylic acids is 2. The molecule has 0 spiro atoms. The number of carbonyl (C=O) groups is 2. The van der Waals surface area contributed by atoms with E-state index in [-0.39, 0.29) is 5.54 Å². The third kappa shape index (κ3) is 3.83. The van der Waals surface area contributed by atoms with Crippen LogP contribution in [0.25, 0.3) is 0 Å². The topological polar surface area (TPSA) is 49.4 Å². The monoisotopic (exact) mass is 276 g/mol. The van der Waals surface area contributed by atoms with Crippen molar-refractivity contribution in [2.75, 3.05) is 11.9 Å². The second-order valence-electron chi connectivity index (χ2n) is 5.99. The van der Waals surface area contributed by atoms with Gasteiger partial charge in [-0.05, 0) is 58.7 Å². The number of nitrogens with zero attached hydrogens (tertiary/aromatic N) is 1. The van der Waals surface area contributed by atoms with E-state index >= 15 is 0 Å². The normalized spacial score (nSPS) is 11.1. The average Bonchev–Trinajstić information content (AvgIpc) is 2.32. The maximum atomic E-state index is 12.2. The minimum Gasteiger partial charge on any atom is -0.330 e. The zero-order valence-corrected chi connectivity index (χ0v) is 13.2. The van der Waals surface area contributed by atoms with Gasteiger partial charge in [-0.25, -0.2) is 0 Å². The molecule has 1 aromatic carbocycles. The van der Waals surface area contributed by atoms with Crippen LogP contribution in [0.1, 0.15) is 38.8 Å². The van der Waals surface area contributed by atoms with Gasteiger partial charge < -0.3 is 10.2 Å². The first-order valence-electron chi connectivity index (χ1n) is 6.87. The number of anilines is 1. The predicted molar refractivity (Wildman–Crippen MR) is 81.7 cm³/mol. The van der Waals surface area contributed by atoms with E-state index in [1.165, 1.54) is 0 Å². The van der Waals surface area contributed by atoms with E-state index in [4.69, 9.17) is 0 Å². The molecule has 0 saturated carbocycles. The molecule has 2 amide bonds. The molecule has 0 radical (unpaired) electrons. The summed E-state index contributed by atoms with van der Waals surface area (Å²) in [5.41, 5.74) is 2.30. The number of benzene rings is 1. The lowest BCUT2D eigenvalue weighted by atomic mass is 10.1. The first-order chi connectivity index (χ1) is 9.16. The van der Waals surface area contributed by atoms with Gasteiger partial charge in [0.25, 0.3) is 0 Å². The third-order valence-electron chi connectivity index (χ3n) is 3.21. The molecule has 1 aromatic rings. The maximum absolute atomic E-state index is 12.2. The molecule has 0 aromatic heterocycles. The molecule has 4 nitrogen and oxygen atoms in total. The van der Waals surface area contributed by atoms with Crippen LogP contribution < -0.4 is 5.32 Å². The Kier molecular flexibility index (Phi) is 4.93. The van der Waals surface area contributed by atoms with Gasteiger partial charge in [0.2, 0.25) is 0 Å². The van der Waals surface area contributed by atoms with Crippen molar-refractivity contribution >= 4 is 17.5 Å². The highest BCUT2D eigenvalue weighted by Crippen LogP contribution is 2.18. The molecule has 0 aliphatic rings. The first kappa shape index (κ1) is 16.2. The summed E-state index contributed by atoms with van der Waals surface area (Å²) in [4.78, 5) is 25.9. The second-order valence-corrected chi connectivity index (χ2v) is 5.99. The van der Waals surface area contributed by atoms with Crippen molar-refractivity contribution in [1.29, 1.82) is 0 Å². The Hall–Kier alpha value is -1.84. The first-order valence-corrected chi connectivity index (χ1v) is 6.87. The Balaban J connectivity index is 2.90. The molecule has 0 saturated heterocycles. The average molecular weight is 276 g/mol. The van der Waals surface area contributed by atoms with Gasteiger partial charge in [0.05, 0.1) is 0 Å². The van der Waals surface area contributed by atoms with Crippen molar-refractivity contribution in [3.63, 3.8) is 0 Å². The maximum Gasteiger partial charge on any atom is 0.313 e. The van der Waals surface area contributed by atoms with Gasteiger partial charge in [-0.3, -0.25) is 9.59 Å². The minimum absolute atomic E-state index is 0.370. The van der Waals surface area contributed by atoms with E-state index in [1.54, 1.807) is 4.90 Å². The van der Waals surface area contributed by atoms with Crippen molar-refractivity contribution < 1.29 is 9.59 Å². The number of hydrogen-bond acceptors (Lipinski definition) is 2. The van der Waals surface area contributed by atoms with Gasteiger partial charge in [0.1, 0.15) is 0 Å². The largest absolute Gasteiger partial charge is 0.330 e. The predicted octanol–water partition coefficient (Wildman–Crippen LogP) is 2.89. The minimum atomic E-state index is -0.588. The number of rotatable bonds is 2. The Bertz CT molecular complexity index is 516. The number of amides is 2. The quantitative estimate of drug-likeness (QED) is 0.844. The fraction of sp³-hybridized carbons (Fsp3) is 0.500. The number of aryl methyl sites for hydroxylation is 2. The highest BCUT2D eigenvalue weighted by molar-refractivity contribution is 6.39. The number of likely N-dealkylation sites (N-methyl/N-ethyl adjacent to an activating group) is 1. The van der Waals surface area contributed by atoms with Gasteiger partial charge in [-0.15, -0.1) is 0 Å². The summed E-state index contributed by atoms with van der Waals surface area (Å²) < 4.78 is 0. The second kappa shape index (κ2) is 6.07. The van der Waals surface area contributed by atoms with E-state index in [1.807, 2.05) is 59.7 Å². The van der Waals surface area contributed by atoms with Gasteiger partial charge in [-0.2, -0.15) is 0 Å². The number of hydrogen-bond donors (Lipinski definition) is 1. The fourth-order valence-corrected chi connectivity index (χ4v) is 2.09. The summed E-state index contributed by atoms with van der Waals surface area (Å²) in [6.07, 6.45) is 0. The van der Waals surface area contributed by atoms with Gasteiger partial charge in [0.15, 0.2) is 0 Å². The summed E-state index contributed by atoms with van der Waals surface area (Å²) in [6.45, 7) is 12.0. The molecule has 0 atom stereocenters. The molecule has 0 bridgehead atoms. The lowest BCUT2D eigenvalue weighted by Gasteiger charge is -2.34. The summed E-state index contributed by atoms with van der Waals surface area (Å²) in [6, 6.07) is 5.77. The SMILES string of the molecule is CCN(C(=O)C(=O)Nc1cc(C)ccc1C)C(C)(C)C. The molecule has 0 aliphatic carbocycles. The Morgan fingerprint density at radius 1 is 1.20 bits per heavy atom. The van der Waals surface area contributed by atoms with Crippen LogP contribution in [0.5, 0.6) is 0 Å². The van der Waals surface area contributed by atoms with Crippen molar-refractivity contribution in [2.45, 2.75) is 47.1 Å². The standard InChI is InChI=1S/C16H24N2O2/c1-7-18(16(4,5)6)15(20)14(19)17-13-10-11(2)8-9-12(13)3/h8-10H,7H2,1-6H3,(H,17,19). The van der Waals surface area contributed by atoms with Crippen molar-refractivity contribution in [1.82, 2.24) is 4.90 Å². The smallest absolute Gasteiger partial charge is 0.313 e. The molecule has 0 aliphatic heterocycles. The van der Waals surface area contributed by atoms with Crippen LogP contribution in [-0.4, -0.2) is 28.8 Å². The highest BCUT2D eigenvalue weighted by atomic mass is 16.2. The zero-order chi connectivity index (χ0) is 15.5. The van der Waals surface area contributed by atoms with Crippen molar-refractivity contribution in [2.24, 2.45) is 0 Å². The number of nitrogens with one attached hydrogen (secondary N) is 1. The molecule has 110 valence electrons. The van der Waals surface area contributed by atoms with Gasteiger partial charge in [0, 0.05) is 17.8 Å². The third-order valence-corrected chi connectivity index (χ3v) is 3.21. The lowest BCUT2D eigenvalue weighted by Crippen LogP contribution is -2.49. The molecular formula is C16H24N2O2. The van der Waals surface area contributed by atoms with Crippen LogP contribution in [0, 0.1) is 13.8 Å². The zero-order valence-electron chi connectivity index (χ0n) is 13.2. The fourth-order valence-electron chi connectivity index (χ4n) is 2.09. The van der Waals surface area contributed by atoms with Crippen LogP contribution in [0.3, 0.4) is 0 Å². The van der Waals surface area contributed by atoms with Crippen LogP contribution in [0.2, 0.25) is 0 Å². The van der Waals surface area contributed by atoms with E-state index in [0.29, 0.717) is 12.2 Å². The van der Waals surface area contributed by atoms with Crippen molar-refractivity contribution in [3.05, 3.63) is 29.3 Å². The van der Waals surface area contributed by atoms with E-state index in [9.17, 15) is 9.59 Å². The summed E-state index contributed by atoms with van der Waals surface area (Å²) >= 11 is 0. The lowest BCUT2D eigenvalue weighted by molar-refractivity contribution is -0.146. The van der Waals surface area contributed by atoms with Crippen LogP contribution >= 0.6 is 0 Å². The summed E-state index contributed by atoms with van der Waals surface area (Å²) in [5, 5.41) is 2.71. The molecule has 1 rings (SSSR count). The van der Waals surface area contributed by atoms with Crippen molar-refractivity contribution in [3.8, 4) is 0 Å². The molecular weight excluding hydrogens is 252 g/mol. The van der Waals surface area contributed by atoms with E-state index in [0.717, 1.165) is 11.1 Å². The molecule has 4 heteroatoms. The molecule has 0 heterocycles. The summed E-state index contributed by atoms with van der Waals surface area (Å²) in [7, 11) is 0. The van der Waals surface area contributed by atoms with E-state index in [2.05, 4.69) is 5.32 Å². The van der Waals surface area contributed by atoms with Crippen LogP contribution in [0.15, 0.2) is 18.2 Å². The summed E-state index contributed by atoms with van der Waals surface area (Å²) in [5.74, 6) is -1.09. The van der Waals surface area contributed by atoms with Gasteiger partial charge in [-0.1, -0.05) is 12.1 Å². The van der Waals surface area contributed by atoms with E-state index < -0.39 is 11.8 Å². The van der Waals surface area contributed by atoms with Crippen LogP contribution in [0.4, 0.5) is 5.69 Å². The molecule has 1 N–H and O–H groups in total. The Morgan fingerprint density at radius 3 is 2.30 bits per heavy atom. The molecule has 20 heavy (non-hydrogen) atoms. The molecule has 0 unspecified atom stereocenters. The highest BCUT2D eigenvalue weighted by Gasteiger charge is 2.29.